The van der Waals surface area contributed by atoms with Crippen molar-refractivity contribution < 1.29 is 31.5 Å². The highest BCUT2D eigenvalue weighted by atomic mass is 19.4. The van der Waals surface area contributed by atoms with E-state index >= 15 is 4.39 Å². The highest BCUT2D eigenvalue weighted by molar-refractivity contribution is 6.00. The second-order valence-electron chi connectivity index (χ2n) is 8.19. The fraction of sp³-hybridized carbons (Fsp3) is 0.208. The topological polar surface area (TPSA) is 81.1 Å². The number of alkyl halides is 3. The summed E-state index contributed by atoms with van der Waals surface area (Å²) in [4.78, 5) is 21.2. The van der Waals surface area contributed by atoms with Crippen molar-refractivity contribution in [1.29, 1.82) is 0 Å². The van der Waals surface area contributed by atoms with Crippen molar-refractivity contribution in [1.82, 2.24) is 19.9 Å². The number of carbonyl (C=O) groups is 1. The van der Waals surface area contributed by atoms with E-state index in [9.17, 15) is 22.4 Å². The van der Waals surface area contributed by atoms with Crippen molar-refractivity contribution >= 4 is 22.6 Å². The molecule has 0 spiro atoms. The van der Waals surface area contributed by atoms with E-state index in [0.717, 1.165) is 21.9 Å². The molecule has 0 bridgehead atoms. The number of carbonyl (C=O) groups excluding carboxylic acids is 1. The van der Waals surface area contributed by atoms with Gasteiger partial charge in [-0.15, -0.1) is 0 Å². The summed E-state index contributed by atoms with van der Waals surface area (Å²) >= 11 is 0. The monoisotopic (exact) mass is 503 g/mol. The summed E-state index contributed by atoms with van der Waals surface area (Å²) in [5, 5.41) is 5.56. The summed E-state index contributed by atoms with van der Waals surface area (Å²) in [6, 6.07) is 5.50. The van der Waals surface area contributed by atoms with Crippen LogP contribution in [-0.4, -0.2) is 27.1 Å². The molecule has 5 rings (SSSR count). The van der Waals surface area contributed by atoms with Crippen molar-refractivity contribution in [2.75, 3.05) is 11.9 Å². The predicted molar refractivity (Wildman–Crippen MR) is 120 cm³/mol. The van der Waals surface area contributed by atoms with E-state index in [1.54, 1.807) is 6.92 Å². The Morgan fingerprint density at radius 3 is 2.72 bits per heavy atom. The molecule has 1 aliphatic rings. The van der Waals surface area contributed by atoms with Crippen LogP contribution < -0.4 is 15.4 Å². The minimum atomic E-state index is -4.93. The van der Waals surface area contributed by atoms with Gasteiger partial charge in [0, 0.05) is 28.9 Å². The van der Waals surface area contributed by atoms with Crippen LogP contribution in [-0.2, 0) is 19.1 Å². The fourth-order valence-corrected chi connectivity index (χ4v) is 4.15. The zero-order valence-corrected chi connectivity index (χ0v) is 18.7. The number of ether oxygens (including phenoxy) is 1. The molecule has 0 saturated carbocycles. The van der Waals surface area contributed by atoms with Crippen molar-refractivity contribution in [2.24, 2.45) is 0 Å². The van der Waals surface area contributed by atoms with E-state index in [1.807, 2.05) is 0 Å². The van der Waals surface area contributed by atoms with E-state index in [4.69, 9.17) is 4.74 Å². The second-order valence-corrected chi connectivity index (χ2v) is 8.19. The number of nitrogens with zero attached hydrogens (tertiary/aromatic N) is 3. The number of halogens is 5. The molecule has 36 heavy (non-hydrogen) atoms. The SMILES string of the molecule is Cc1cc2c(F)c(Oc3ncnc4c3CCNC4)ccc2n1C(=O)Nc1ccc(F)c(C(F)(F)F)c1. The van der Waals surface area contributed by atoms with Gasteiger partial charge in [-0.25, -0.2) is 23.5 Å². The molecule has 0 atom stereocenters. The largest absolute Gasteiger partial charge is 0.436 e. The number of hydrogen-bond donors (Lipinski definition) is 2. The van der Waals surface area contributed by atoms with Crippen LogP contribution in [0.15, 0.2) is 42.7 Å². The van der Waals surface area contributed by atoms with Crippen LogP contribution in [0.2, 0.25) is 0 Å². The molecule has 2 aromatic carbocycles. The van der Waals surface area contributed by atoms with E-state index in [0.29, 0.717) is 37.3 Å². The molecule has 3 heterocycles. The second kappa shape index (κ2) is 8.86. The Morgan fingerprint density at radius 1 is 1.14 bits per heavy atom. The molecule has 1 aliphatic heterocycles. The lowest BCUT2D eigenvalue weighted by Crippen LogP contribution is -2.25. The first kappa shape index (κ1) is 23.7. The van der Waals surface area contributed by atoms with Gasteiger partial charge in [0.2, 0.25) is 5.88 Å². The van der Waals surface area contributed by atoms with Crippen LogP contribution in [0.25, 0.3) is 10.9 Å². The van der Waals surface area contributed by atoms with Crippen molar-refractivity contribution in [2.45, 2.75) is 26.1 Å². The minimum Gasteiger partial charge on any atom is -0.436 e. The smallest absolute Gasteiger partial charge is 0.419 e. The third-order valence-corrected chi connectivity index (χ3v) is 5.84. The Morgan fingerprint density at radius 2 is 1.94 bits per heavy atom. The number of benzene rings is 2. The zero-order chi connectivity index (χ0) is 25.6. The van der Waals surface area contributed by atoms with Gasteiger partial charge in [0.25, 0.3) is 0 Å². The molecule has 2 aromatic heterocycles. The van der Waals surface area contributed by atoms with Gasteiger partial charge in [0.1, 0.15) is 12.1 Å². The van der Waals surface area contributed by atoms with Crippen molar-refractivity contribution in [3.8, 4) is 11.6 Å². The molecule has 0 radical (unpaired) electrons. The molecular weight excluding hydrogens is 485 g/mol. The standard InChI is InChI=1S/C24H18F5N5O2/c1-12-8-15-19(34(12)23(35)33-13-2-3-17(25)16(9-13)24(27,28)29)4-5-20(21(15)26)36-22-14-6-7-30-10-18(14)31-11-32-22/h2-5,8-9,11,30H,6-7,10H2,1H3,(H,33,35). The summed E-state index contributed by atoms with van der Waals surface area (Å²) in [5.41, 5.74) is 0.259. The Balaban J connectivity index is 1.46. The molecule has 0 fully saturated rings. The quantitative estimate of drug-likeness (QED) is 0.358. The first-order valence-electron chi connectivity index (χ1n) is 10.8. The average Bonchev–Trinajstić information content (AvgIpc) is 3.18. The van der Waals surface area contributed by atoms with Crippen LogP contribution in [0.5, 0.6) is 11.6 Å². The van der Waals surface area contributed by atoms with Crippen LogP contribution in [0, 0.1) is 18.6 Å². The lowest BCUT2D eigenvalue weighted by atomic mass is 10.1. The Kier molecular flexibility index (Phi) is 5.83. The van der Waals surface area contributed by atoms with Gasteiger partial charge in [-0.05, 0) is 56.3 Å². The fourth-order valence-electron chi connectivity index (χ4n) is 4.15. The van der Waals surface area contributed by atoms with E-state index in [2.05, 4.69) is 20.6 Å². The third-order valence-electron chi connectivity index (χ3n) is 5.84. The molecule has 1 amide bonds. The zero-order valence-electron chi connectivity index (χ0n) is 18.7. The molecule has 186 valence electrons. The maximum Gasteiger partial charge on any atom is 0.419 e. The number of nitrogens with one attached hydrogen (secondary N) is 2. The van der Waals surface area contributed by atoms with Crippen molar-refractivity contribution in [3.05, 3.63) is 76.9 Å². The molecule has 2 N–H and O–H groups in total. The number of aromatic nitrogens is 3. The molecule has 7 nitrogen and oxygen atoms in total. The van der Waals surface area contributed by atoms with Crippen LogP contribution in [0.1, 0.15) is 22.5 Å². The van der Waals surface area contributed by atoms with Gasteiger partial charge in [-0.2, -0.15) is 13.2 Å². The van der Waals surface area contributed by atoms with Crippen LogP contribution in [0.4, 0.5) is 32.4 Å². The highest BCUT2D eigenvalue weighted by Gasteiger charge is 2.34. The van der Waals surface area contributed by atoms with E-state index in [1.165, 1.54) is 24.5 Å². The van der Waals surface area contributed by atoms with Gasteiger partial charge in [-0.3, -0.25) is 4.57 Å². The maximum atomic E-state index is 15.4. The lowest BCUT2D eigenvalue weighted by molar-refractivity contribution is -0.139. The van der Waals surface area contributed by atoms with Gasteiger partial charge in [0.15, 0.2) is 11.6 Å². The normalized spacial score (nSPS) is 13.5. The number of fused-ring (bicyclic) bond motifs is 2. The summed E-state index contributed by atoms with van der Waals surface area (Å²) < 4.78 is 74.9. The van der Waals surface area contributed by atoms with Crippen LogP contribution in [0.3, 0.4) is 0 Å². The number of amides is 1. The number of rotatable bonds is 3. The first-order chi connectivity index (χ1) is 17.1. The number of aryl methyl sites for hydroxylation is 1. The minimum absolute atomic E-state index is 0.0693. The Bertz CT molecular complexity index is 1500. The first-order valence-corrected chi connectivity index (χ1v) is 10.8. The van der Waals surface area contributed by atoms with Gasteiger partial charge < -0.3 is 15.4 Å². The van der Waals surface area contributed by atoms with Crippen molar-refractivity contribution in [3.63, 3.8) is 0 Å². The van der Waals surface area contributed by atoms with Gasteiger partial charge in [0.05, 0.1) is 16.8 Å². The third kappa shape index (κ3) is 4.24. The molecule has 0 saturated heterocycles. The van der Waals surface area contributed by atoms with E-state index in [-0.39, 0.29) is 28.2 Å². The Labute approximate surface area is 200 Å². The summed E-state index contributed by atoms with van der Waals surface area (Å²) in [5.74, 6) is -2.05. The maximum absolute atomic E-state index is 15.4. The summed E-state index contributed by atoms with van der Waals surface area (Å²) in [6.07, 6.45) is -2.98. The molecular formula is C24H18F5N5O2. The van der Waals surface area contributed by atoms with Gasteiger partial charge in [-0.1, -0.05) is 0 Å². The molecule has 12 heteroatoms. The average molecular weight is 503 g/mol. The number of hydrogen-bond acceptors (Lipinski definition) is 5. The van der Waals surface area contributed by atoms with E-state index < -0.39 is 29.4 Å². The molecule has 0 unspecified atom stereocenters. The lowest BCUT2D eigenvalue weighted by Gasteiger charge is -2.18. The molecule has 0 aliphatic carbocycles. The predicted octanol–water partition coefficient (Wildman–Crippen LogP) is 5.55. The molecule has 4 aromatic rings. The summed E-state index contributed by atoms with van der Waals surface area (Å²) in [7, 11) is 0. The van der Waals surface area contributed by atoms with Crippen LogP contribution >= 0.6 is 0 Å². The van der Waals surface area contributed by atoms with Gasteiger partial charge >= 0.3 is 12.2 Å². The number of anilines is 1. The highest BCUT2D eigenvalue weighted by Crippen LogP contribution is 2.35. The summed E-state index contributed by atoms with van der Waals surface area (Å²) in [6.45, 7) is 2.79. The Hall–Kier alpha value is -4.06.